The molecule has 8 heteroatoms. The van der Waals surface area contributed by atoms with Gasteiger partial charge in [-0.05, 0) is 58.7 Å². The fourth-order valence-corrected chi connectivity index (χ4v) is 5.08. The fraction of sp³-hybridized carbons (Fsp3) is 0.152. The number of aromatic nitrogens is 1. The lowest BCUT2D eigenvalue weighted by Crippen LogP contribution is -2.24. The Bertz CT molecular complexity index is 1540. The van der Waals surface area contributed by atoms with E-state index < -0.39 is 0 Å². The van der Waals surface area contributed by atoms with Crippen molar-refractivity contribution in [1.82, 2.24) is 15.2 Å². The van der Waals surface area contributed by atoms with Crippen molar-refractivity contribution >= 4 is 17.2 Å². The molecular weight excluding hydrogens is 540 g/mol. The Labute approximate surface area is 242 Å². The van der Waals surface area contributed by atoms with E-state index >= 15 is 0 Å². The van der Waals surface area contributed by atoms with Gasteiger partial charge in [0.25, 0.3) is 5.91 Å². The number of nitrogens with one attached hydrogen (secondary N) is 1. The summed E-state index contributed by atoms with van der Waals surface area (Å²) in [6.07, 6.45) is 0. The molecule has 1 amide bonds. The Morgan fingerprint density at radius 3 is 1.95 bits per heavy atom. The predicted molar refractivity (Wildman–Crippen MR) is 156 cm³/mol. The van der Waals surface area contributed by atoms with Crippen LogP contribution in [0.1, 0.15) is 37.7 Å². The minimum Gasteiger partial charge on any atom is -0.489 e. The van der Waals surface area contributed by atoms with Crippen LogP contribution in [0.2, 0.25) is 0 Å². The molecule has 5 aromatic rings. The average Bonchev–Trinajstić information content (AvgIpc) is 3.46. The number of amides is 1. The molecule has 0 saturated carbocycles. The van der Waals surface area contributed by atoms with Gasteiger partial charge in [0, 0.05) is 25.0 Å². The van der Waals surface area contributed by atoms with Crippen LogP contribution >= 0.6 is 11.3 Å². The topological polar surface area (TPSA) is 54.5 Å². The Hall–Kier alpha value is -4.40. The maximum absolute atomic E-state index is 13.5. The number of halogens is 2. The van der Waals surface area contributed by atoms with Crippen molar-refractivity contribution in [3.63, 3.8) is 0 Å². The van der Waals surface area contributed by atoms with Gasteiger partial charge in [-0.15, -0.1) is 11.3 Å². The largest absolute Gasteiger partial charge is 0.489 e. The highest BCUT2D eigenvalue weighted by molar-refractivity contribution is 7.09. The highest BCUT2D eigenvalue weighted by atomic mass is 32.1. The average molecular weight is 570 g/mol. The van der Waals surface area contributed by atoms with Gasteiger partial charge in [0.1, 0.15) is 34.7 Å². The molecule has 0 aliphatic heterocycles. The number of hydrogen-bond acceptors (Lipinski definition) is 5. The first-order chi connectivity index (χ1) is 20.0. The van der Waals surface area contributed by atoms with Crippen molar-refractivity contribution in [3.05, 3.63) is 153 Å². The van der Waals surface area contributed by atoms with Crippen LogP contribution in [0.3, 0.4) is 0 Å². The first-order valence-corrected chi connectivity index (χ1v) is 14.1. The minimum absolute atomic E-state index is 0.275. The first-order valence-electron chi connectivity index (χ1n) is 13.2. The molecule has 0 aliphatic rings. The zero-order valence-corrected chi connectivity index (χ0v) is 23.1. The molecule has 0 radical (unpaired) electrons. The fourth-order valence-electron chi connectivity index (χ4n) is 4.26. The molecular formula is C33H29F2N3O2S. The van der Waals surface area contributed by atoms with E-state index in [-0.39, 0.29) is 24.1 Å². The van der Waals surface area contributed by atoms with Crippen LogP contribution in [0.4, 0.5) is 8.78 Å². The summed E-state index contributed by atoms with van der Waals surface area (Å²) in [5.74, 6) is -0.0868. The second-order valence-corrected chi connectivity index (χ2v) is 10.6. The molecule has 0 atom stereocenters. The smallest absolute Gasteiger partial charge is 0.271 e. The third-order valence-electron chi connectivity index (χ3n) is 6.41. The van der Waals surface area contributed by atoms with Gasteiger partial charge < -0.3 is 10.1 Å². The molecule has 0 fully saturated rings. The summed E-state index contributed by atoms with van der Waals surface area (Å²) in [4.78, 5) is 19.4. The predicted octanol–water partition coefficient (Wildman–Crippen LogP) is 7.13. The van der Waals surface area contributed by atoms with Gasteiger partial charge in [0.2, 0.25) is 0 Å². The Kier molecular flexibility index (Phi) is 9.46. The standard InChI is InChI=1S/C33H29F2N3O2S/c34-28-12-6-24(7-13-28)18-36-33(39)31-23-41-32(37-31)21-38(19-25-8-14-29(35)15-9-25)20-26-10-16-30(17-11-26)40-22-27-4-2-1-3-5-27/h1-17,23H,18-22H2,(H,36,39). The number of carbonyl (C=O) groups excluding carboxylic acids is 1. The molecule has 41 heavy (non-hydrogen) atoms. The number of rotatable bonds is 12. The van der Waals surface area contributed by atoms with Crippen molar-refractivity contribution in [1.29, 1.82) is 0 Å². The summed E-state index contributed by atoms with van der Waals surface area (Å²) >= 11 is 1.42. The normalized spacial score (nSPS) is 11.0. The molecule has 1 aromatic heterocycles. The quantitative estimate of drug-likeness (QED) is 0.174. The van der Waals surface area contributed by atoms with Crippen LogP contribution in [0.5, 0.6) is 5.75 Å². The summed E-state index contributed by atoms with van der Waals surface area (Å²) in [5.41, 5.74) is 4.32. The van der Waals surface area contributed by atoms with Crippen molar-refractivity contribution in [3.8, 4) is 5.75 Å². The molecule has 1 heterocycles. The number of hydrogen-bond donors (Lipinski definition) is 1. The summed E-state index contributed by atoms with van der Waals surface area (Å²) in [7, 11) is 0. The van der Waals surface area contributed by atoms with Crippen LogP contribution in [-0.4, -0.2) is 15.8 Å². The van der Waals surface area contributed by atoms with E-state index in [1.165, 1.54) is 35.6 Å². The number of carbonyl (C=O) groups is 1. The highest BCUT2D eigenvalue weighted by Gasteiger charge is 2.15. The lowest BCUT2D eigenvalue weighted by molar-refractivity contribution is 0.0946. The summed E-state index contributed by atoms with van der Waals surface area (Å²) in [5, 5.41) is 5.37. The summed E-state index contributed by atoms with van der Waals surface area (Å²) < 4.78 is 32.6. The van der Waals surface area contributed by atoms with E-state index in [0.717, 1.165) is 33.0 Å². The second kappa shape index (κ2) is 13.8. The van der Waals surface area contributed by atoms with E-state index in [2.05, 4.69) is 15.2 Å². The zero-order chi connectivity index (χ0) is 28.4. The third-order valence-corrected chi connectivity index (χ3v) is 7.24. The van der Waals surface area contributed by atoms with Crippen LogP contribution < -0.4 is 10.1 Å². The number of benzene rings is 4. The molecule has 0 unspecified atom stereocenters. The summed E-state index contributed by atoms with van der Waals surface area (Å²) in [6, 6.07) is 30.5. The minimum atomic E-state index is -0.318. The molecule has 4 aromatic carbocycles. The molecule has 5 rings (SSSR count). The van der Waals surface area contributed by atoms with Crippen molar-refractivity contribution in [2.75, 3.05) is 0 Å². The zero-order valence-electron chi connectivity index (χ0n) is 22.3. The highest BCUT2D eigenvalue weighted by Crippen LogP contribution is 2.20. The van der Waals surface area contributed by atoms with Crippen LogP contribution in [-0.2, 0) is 32.8 Å². The van der Waals surface area contributed by atoms with Crippen molar-refractivity contribution in [2.24, 2.45) is 0 Å². The molecule has 0 spiro atoms. The third kappa shape index (κ3) is 8.54. The molecule has 208 valence electrons. The molecule has 0 bridgehead atoms. The van der Waals surface area contributed by atoms with Crippen LogP contribution in [0, 0.1) is 11.6 Å². The first kappa shape index (κ1) is 28.1. The maximum Gasteiger partial charge on any atom is 0.271 e. The van der Waals surface area contributed by atoms with Crippen molar-refractivity contribution < 1.29 is 18.3 Å². The van der Waals surface area contributed by atoms with Gasteiger partial charge in [0.05, 0.1) is 6.54 Å². The molecule has 0 aliphatic carbocycles. The van der Waals surface area contributed by atoms with Crippen LogP contribution in [0.15, 0.2) is 109 Å². The Morgan fingerprint density at radius 1 is 0.732 bits per heavy atom. The van der Waals surface area contributed by atoms with Gasteiger partial charge in [-0.25, -0.2) is 13.8 Å². The lowest BCUT2D eigenvalue weighted by atomic mass is 10.1. The van der Waals surface area contributed by atoms with E-state index in [4.69, 9.17) is 4.74 Å². The van der Waals surface area contributed by atoms with Gasteiger partial charge >= 0.3 is 0 Å². The Morgan fingerprint density at radius 2 is 1.32 bits per heavy atom. The van der Waals surface area contributed by atoms with Gasteiger partial charge in [-0.3, -0.25) is 9.69 Å². The van der Waals surface area contributed by atoms with E-state index in [9.17, 15) is 13.6 Å². The monoisotopic (exact) mass is 569 g/mol. The lowest BCUT2D eigenvalue weighted by Gasteiger charge is -2.22. The van der Waals surface area contributed by atoms with Gasteiger partial charge in [-0.2, -0.15) is 0 Å². The number of ether oxygens (including phenoxy) is 1. The van der Waals surface area contributed by atoms with E-state index in [0.29, 0.717) is 31.9 Å². The molecule has 1 N–H and O–H groups in total. The molecule has 5 nitrogen and oxygen atoms in total. The second-order valence-electron chi connectivity index (χ2n) is 9.63. The molecule has 0 saturated heterocycles. The Balaban J connectivity index is 1.22. The maximum atomic E-state index is 13.5. The van der Waals surface area contributed by atoms with E-state index in [1.807, 2.05) is 54.6 Å². The van der Waals surface area contributed by atoms with Crippen molar-refractivity contribution in [2.45, 2.75) is 32.8 Å². The summed E-state index contributed by atoms with van der Waals surface area (Å²) in [6.45, 7) is 2.51. The number of thiazole rings is 1. The van der Waals surface area contributed by atoms with E-state index in [1.54, 1.807) is 29.6 Å². The van der Waals surface area contributed by atoms with Gasteiger partial charge in [-0.1, -0.05) is 66.7 Å². The van der Waals surface area contributed by atoms with Gasteiger partial charge in [0.15, 0.2) is 0 Å². The number of nitrogens with zero attached hydrogens (tertiary/aromatic N) is 2. The SMILES string of the molecule is O=C(NCc1ccc(F)cc1)c1csc(CN(Cc2ccc(F)cc2)Cc2ccc(OCc3ccccc3)cc2)n1. The van der Waals surface area contributed by atoms with Crippen LogP contribution in [0.25, 0.3) is 0 Å².